The maximum atomic E-state index is 13.9. The van der Waals surface area contributed by atoms with E-state index in [2.05, 4.69) is 4.98 Å². The van der Waals surface area contributed by atoms with E-state index in [1.54, 1.807) is 65.8 Å². The van der Waals surface area contributed by atoms with Gasteiger partial charge in [0.15, 0.2) is 0 Å². The summed E-state index contributed by atoms with van der Waals surface area (Å²) in [6.45, 7) is 0. The average Bonchev–Trinajstić information content (AvgIpc) is 2.88. The maximum Gasteiger partial charge on any atom is 0.257 e. The molecule has 0 aliphatic carbocycles. The zero-order chi connectivity index (χ0) is 24.4. The molecule has 0 unspecified atom stereocenters. The first kappa shape index (κ1) is 23.5. The number of hydrogen-bond acceptors (Lipinski definition) is 3. The highest BCUT2D eigenvalue weighted by molar-refractivity contribution is 6.30. The summed E-state index contributed by atoms with van der Waals surface area (Å²) >= 11 is 12.3. The van der Waals surface area contributed by atoms with Crippen LogP contribution in [-0.2, 0) is 16.0 Å². The number of carbonyl (C=O) groups excluding carboxylic acids is 1. The third-order valence-corrected chi connectivity index (χ3v) is 6.58. The molecule has 4 aromatic rings. The standard InChI is InChI=1S/C28H21Cl2FN2O2/c29-21-7-3-19(4-8-21)26-27(20-5-9-22(30)10-6-20)35-25(17-18-1-11-23(31)12-2-18)28(34)33(26)24-13-15-32-16-14-24/h1-16,25-27H,17H2/t25-,26+,27-/m0/s1. The molecule has 1 aromatic heterocycles. The maximum absolute atomic E-state index is 13.9. The van der Waals surface area contributed by atoms with Crippen molar-refractivity contribution >= 4 is 34.8 Å². The van der Waals surface area contributed by atoms with Crippen molar-refractivity contribution < 1.29 is 13.9 Å². The second-order valence-corrected chi connectivity index (χ2v) is 9.21. The number of amides is 1. The highest BCUT2D eigenvalue weighted by atomic mass is 35.5. The van der Waals surface area contributed by atoms with E-state index in [4.69, 9.17) is 27.9 Å². The molecule has 0 spiro atoms. The quantitative estimate of drug-likeness (QED) is 0.293. The highest BCUT2D eigenvalue weighted by Gasteiger charge is 2.44. The van der Waals surface area contributed by atoms with Gasteiger partial charge in [-0.1, -0.05) is 59.6 Å². The van der Waals surface area contributed by atoms with Crippen LogP contribution < -0.4 is 4.90 Å². The average molecular weight is 507 g/mol. The lowest BCUT2D eigenvalue weighted by Gasteiger charge is -2.45. The Labute approximate surface area is 212 Å². The zero-order valence-electron chi connectivity index (χ0n) is 18.5. The zero-order valence-corrected chi connectivity index (χ0v) is 20.0. The molecule has 176 valence electrons. The Morgan fingerprint density at radius 1 is 0.800 bits per heavy atom. The van der Waals surface area contributed by atoms with E-state index in [0.717, 1.165) is 16.7 Å². The van der Waals surface area contributed by atoms with Crippen LogP contribution in [0.25, 0.3) is 0 Å². The summed E-state index contributed by atoms with van der Waals surface area (Å²) in [6, 6.07) is 24.1. The third kappa shape index (κ3) is 5.08. The van der Waals surface area contributed by atoms with Gasteiger partial charge in [0.2, 0.25) is 0 Å². The molecule has 4 nitrogen and oxygen atoms in total. The molecule has 1 fully saturated rings. The Balaban J connectivity index is 1.63. The monoisotopic (exact) mass is 506 g/mol. The van der Waals surface area contributed by atoms with Gasteiger partial charge in [-0.3, -0.25) is 14.7 Å². The summed E-state index contributed by atoms with van der Waals surface area (Å²) in [6.07, 6.45) is 2.34. The predicted molar refractivity (Wildman–Crippen MR) is 135 cm³/mol. The molecular weight excluding hydrogens is 486 g/mol. The van der Waals surface area contributed by atoms with Gasteiger partial charge in [0.1, 0.15) is 18.0 Å². The van der Waals surface area contributed by atoms with Crippen molar-refractivity contribution in [3.63, 3.8) is 0 Å². The number of benzene rings is 3. The van der Waals surface area contributed by atoms with E-state index in [-0.39, 0.29) is 11.7 Å². The SMILES string of the molecule is O=C1[C@H](Cc2ccc(F)cc2)O[C@@H](c2ccc(Cl)cc2)[C@@H](c2ccc(Cl)cc2)N1c1ccncc1. The van der Waals surface area contributed by atoms with Gasteiger partial charge in [0, 0.05) is 34.5 Å². The minimum Gasteiger partial charge on any atom is -0.358 e. The number of carbonyl (C=O) groups is 1. The molecule has 1 saturated heterocycles. The Morgan fingerprint density at radius 3 is 1.97 bits per heavy atom. The van der Waals surface area contributed by atoms with Crippen LogP contribution >= 0.6 is 23.2 Å². The van der Waals surface area contributed by atoms with Crippen LogP contribution in [0.2, 0.25) is 10.0 Å². The van der Waals surface area contributed by atoms with Crippen molar-refractivity contribution in [2.24, 2.45) is 0 Å². The lowest BCUT2D eigenvalue weighted by molar-refractivity contribution is -0.144. The third-order valence-electron chi connectivity index (χ3n) is 6.07. The summed E-state index contributed by atoms with van der Waals surface area (Å²) in [5, 5.41) is 1.21. The van der Waals surface area contributed by atoms with E-state index in [9.17, 15) is 9.18 Å². The number of hydrogen-bond donors (Lipinski definition) is 0. The Bertz CT molecular complexity index is 1300. The van der Waals surface area contributed by atoms with E-state index in [1.165, 1.54) is 12.1 Å². The van der Waals surface area contributed by atoms with Gasteiger partial charge in [-0.25, -0.2) is 4.39 Å². The predicted octanol–water partition coefficient (Wildman–Crippen LogP) is 6.98. The molecular formula is C28H21Cl2FN2O2. The van der Waals surface area contributed by atoms with Crippen molar-refractivity contribution in [1.82, 2.24) is 4.98 Å². The molecule has 0 radical (unpaired) electrons. The molecule has 1 aliphatic rings. The number of aromatic nitrogens is 1. The van der Waals surface area contributed by atoms with E-state index < -0.39 is 18.2 Å². The smallest absolute Gasteiger partial charge is 0.257 e. The van der Waals surface area contributed by atoms with E-state index >= 15 is 0 Å². The Morgan fingerprint density at radius 2 is 1.37 bits per heavy atom. The normalized spacial score (nSPS) is 20.1. The fraction of sp³-hybridized carbons (Fsp3) is 0.143. The van der Waals surface area contributed by atoms with Crippen molar-refractivity contribution in [3.8, 4) is 0 Å². The molecule has 5 rings (SSSR count). The van der Waals surface area contributed by atoms with Crippen LogP contribution in [0.4, 0.5) is 10.1 Å². The second kappa shape index (κ2) is 10.2. The lowest BCUT2D eigenvalue weighted by atomic mass is 9.90. The van der Waals surface area contributed by atoms with Gasteiger partial charge < -0.3 is 4.74 Å². The Kier molecular flexibility index (Phi) is 6.82. The largest absolute Gasteiger partial charge is 0.358 e. The van der Waals surface area contributed by atoms with E-state index in [1.807, 2.05) is 24.3 Å². The number of rotatable bonds is 5. The summed E-state index contributed by atoms with van der Waals surface area (Å²) in [7, 11) is 0. The van der Waals surface area contributed by atoms with Gasteiger partial charge in [0.05, 0.1) is 6.04 Å². The summed E-state index contributed by atoms with van der Waals surface area (Å²) < 4.78 is 20.0. The van der Waals surface area contributed by atoms with Gasteiger partial charge >= 0.3 is 0 Å². The lowest BCUT2D eigenvalue weighted by Crippen LogP contribution is -2.51. The van der Waals surface area contributed by atoms with Crippen molar-refractivity contribution in [1.29, 1.82) is 0 Å². The number of halogens is 3. The van der Waals surface area contributed by atoms with Gasteiger partial charge in [-0.2, -0.15) is 0 Å². The first-order valence-electron chi connectivity index (χ1n) is 11.1. The van der Waals surface area contributed by atoms with Crippen molar-refractivity contribution in [2.45, 2.75) is 24.7 Å². The van der Waals surface area contributed by atoms with Crippen molar-refractivity contribution in [3.05, 3.63) is 130 Å². The molecule has 0 N–H and O–H groups in total. The number of nitrogens with zero attached hydrogens (tertiary/aromatic N) is 2. The van der Waals surface area contributed by atoms with Crippen LogP contribution in [0.5, 0.6) is 0 Å². The van der Waals surface area contributed by atoms with Gasteiger partial charge in [-0.05, 0) is 65.2 Å². The summed E-state index contributed by atoms with van der Waals surface area (Å²) in [5.74, 6) is -0.518. The number of anilines is 1. The van der Waals surface area contributed by atoms with Crippen LogP contribution in [0.15, 0.2) is 97.3 Å². The second-order valence-electron chi connectivity index (χ2n) is 8.34. The molecule has 1 aliphatic heterocycles. The van der Waals surface area contributed by atoms with Gasteiger partial charge in [0.25, 0.3) is 5.91 Å². The van der Waals surface area contributed by atoms with E-state index in [0.29, 0.717) is 22.2 Å². The molecule has 2 heterocycles. The number of ether oxygens (including phenoxy) is 1. The molecule has 1 amide bonds. The van der Waals surface area contributed by atoms with Crippen LogP contribution in [0.3, 0.4) is 0 Å². The summed E-state index contributed by atoms with van der Waals surface area (Å²) in [4.78, 5) is 19.8. The molecule has 35 heavy (non-hydrogen) atoms. The molecule has 7 heteroatoms. The highest BCUT2D eigenvalue weighted by Crippen LogP contribution is 2.45. The summed E-state index contributed by atoms with van der Waals surface area (Å²) in [5.41, 5.74) is 3.26. The topological polar surface area (TPSA) is 42.4 Å². The fourth-order valence-electron chi connectivity index (χ4n) is 4.40. The molecule has 0 bridgehead atoms. The molecule has 0 saturated carbocycles. The fourth-order valence-corrected chi connectivity index (χ4v) is 4.65. The number of morpholine rings is 1. The van der Waals surface area contributed by atoms with Crippen LogP contribution in [0, 0.1) is 5.82 Å². The van der Waals surface area contributed by atoms with Crippen LogP contribution in [0.1, 0.15) is 28.8 Å². The first-order valence-corrected chi connectivity index (χ1v) is 11.9. The van der Waals surface area contributed by atoms with Crippen molar-refractivity contribution in [2.75, 3.05) is 4.90 Å². The Hall–Kier alpha value is -3.25. The first-order chi connectivity index (χ1) is 17.0. The molecule has 3 atom stereocenters. The number of pyridine rings is 1. The minimum absolute atomic E-state index is 0.189. The van der Waals surface area contributed by atoms with Gasteiger partial charge in [-0.15, -0.1) is 0 Å². The minimum atomic E-state index is -0.780. The van der Waals surface area contributed by atoms with Crippen LogP contribution in [-0.4, -0.2) is 17.0 Å². The molecule has 3 aromatic carbocycles.